The number of carbonyl (C=O) groups is 2. The van der Waals surface area contributed by atoms with Crippen molar-refractivity contribution in [2.45, 2.75) is 26.8 Å². The van der Waals surface area contributed by atoms with Gasteiger partial charge in [-0.3, -0.25) is 24.4 Å². The Balaban J connectivity index is 2.08. The normalized spacial score (nSPS) is 11.6. The number of benzene rings is 1. The first-order valence-electron chi connectivity index (χ1n) is 7.54. The maximum Gasteiger partial charge on any atom is 0.306 e. The number of hydrogen-bond donors (Lipinski definition) is 0. The summed E-state index contributed by atoms with van der Waals surface area (Å²) < 4.78 is 1.24. The quantitative estimate of drug-likeness (QED) is 0.330. The molecule has 0 amide bonds. The fourth-order valence-electron chi connectivity index (χ4n) is 2.46. The van der Waals surface area contributed by atoms with Crippen LogP contribution in [0, 0.1) is 41.2 Å². The van der Waals surface area contributed by atoms with Gasteiger partial charge in [-0.15, -0.1) is 0 Å². The second-order valence-corrected chi connectivity index (χ2v) is 5.68. The van der Waals surface area contributed by atoms with Crippen molar-refractivity contribution in [2.24, 2.45) is 5.92 Å². The molecule has 0 bridgehead atoms. The van der Waals surface area contributed by atoms with E-state index in [0.717, 1.165) is 11.8 Å². The molecule has 0 N–H and O–H groups in total. The van der Waals surface area contributed by atoms with Gasteiger partial charge in [0.05, 0.1) is 11.0 Å². The van der Waals surface area contributed by atoms with Crippen LogP contribution in [0.1, 0.15) is 27.9 Å². The molecular formula is C17H16N4O4. The van der Waals surface area contributed by atoms with E-state index in [1.54, 1.807) is 25.1 Å². The standard InChI is InChI=1S/C17H16N4O4/c1-11-3-4-14(12(2)7-11)17(23)15(8-18)16(22)5-6-20-10-13(9-19-20)21(24)25/h3-4,7,9-10,15H,5-6H2,1-2H3/t15-/m0/s1. The Hall–Kier alpha value is -3.34. The molecule has 0 fully saturated rings. The van der Waals surface area contributed by atoms with Gasteiger partial charge in [0.2, 0.25) is 0 Å². The highest BCUT2D eigenvalue weighted by atomic mass is 16.6. The first kappa shape index (κ1) is 18.0. The molecule has 8 heteroatoms. The second kappa shape index (κ2) is 7.49. The molecule has 0 saturated carbocycles. The minimum Gasteiger partial charge on any atom is -0.298 e. The molecule has 8 nitrogen and oxygen atoms in total. The van der Waals surface area contributed by atoms with Crippen LogP contribution in [0.15, 0.2) is 30.6 Å². The van der Waals surface area contributed by atoms with Gasteiger partial charge in [0.25, 0.3) is 0 Å². The summed E-state index contributed by atoms with van der Waals surface area (Å²) in [4.78, 5) is 34.8. The Kier molecular flexibility index (Phi) is 5.39. The highest BCUT2D eigenvalue weighted by molar-refractivity contribution is 6.13. The van der Waals surface area contributed by atoms with Gasteiger partial charge in [-0.2, -0.15) is 10.4 Å². The zero-order valence-electron chi connectivity index (χ0n) is 13.8. The van der Waals surface area contributed by atoms with Crippen LogP contribution in [-0.4, -0.2) is 26.3 Å². The van der Waals surface area contributed by atoms with Gasteiger partial charge in [-0.05, 0) is 19.4 Å². The minimum absolute atomic E-state index is 0.0605. The molecule has 1 heterocycles. The summed E-state index contributed by atoms with van der Waals surface area (Å²) in [6, 6.07) is 6.94. The molecule has 1 aromatic carbocycles. The van der Waals surface area contributed by atoms with Crippen molar-refractivity contribution < 1.29 is 14.5 Å². The fourth-order valence-corrected chi connectivity index (χ4v) is 2.46. The Morgan fingerprint density at radius 3 is 2.68 bits per heavy atom. The molecule has 128 valence electrons. The first-order chi connectivity index (χ1) is 11.8. The number of aromatic nitrogens is 2. The average Bonchev–Trinajstić information content (AvgIpc) is 3.02. The Bertz CT molecular complexity index is 879. The van der Waals surface area contributed by atoms with Crippen LogP contribution in [0.4, 0.5) is 5.69 Å². The molecule has 0 aliphatic carbocycles. The van der Waals surface area contributed by atoms with Crippen molar-refractivity contribution in [2.75, 3.05) is 0 Å². The van der Waals surface area contributed by atoms with Crippen molar-refractivity contribution in [3.05, 3.63) is 57.4 Å². The van der Waals surface area contributed by atoms with Crippen LogP contribution in [0.5, 0.6) is 0 Å². The predicted octanol–water partition coefficient (Wildman–Crippen LogP) is 2.39. The van der Waals surface area contributed by atoms with Gasteiger partial charge in [-0.1, -0.05) is 23.8 Å². The maximum absolute atomic E-state index is 12.5. The lowest BCUT2D eigenvalue weighted by Crippen LogP contribution is -2.24. The first-order valence-corrected chi connectivity index (χ1v) is 7.54. The van der Waals surface area contributed by atoms with E-state index in [1.807, 2.05) is 13.0 Å². The molecule has 1 atom stereocenters. The van der Waals surface area contributed by atoms with Gasteiger partial charge in [0, 0.05) is 18.5 Å². The van der Waals surface area contributed by atoms with Crippen LogP contribution in [0.2, 0.25) is 0 Å². The Morgan fingerprint density at radius 1 is 1.40 bits per heavy atom. The number of nitrogens with zero attached hydrogens (tertiary/aromatic N) is 4. The monoisotopic (exact) mass is 340 g/mol. The van der Waals surface area contributed by atoms with Crippen LogP contribution in [-0.2, 0) is 11.3 Å². The summed E-state index contributed by atoms with van der Waals surface area (Å²) in [6.07, 6.45) is 2.15. The molecule has 2 rings (SSSR count). The van der Waals surface area contributed by atoms with Crippen LogP contribution >= 0.6 is 0 Å². The number of nitriles is 1. The summed E-state index contributed by atoms with van der Waals surface area (Å²) in [5.74, 6) is -2.46. The molecule has 0 spiro atoms. The smallest absolute Gasteiger partial charge is 0.298 e. The second-order valence-electron chi connectivity index (χ2n) is 5.68. The Labute approximate surface area is 143 Å². The minimum atomic E-state index is -1.40. The molecule has 2 aromatic rings. The average molecular weight is 340 g/mol. The number of rotatable bonds is 7. The number of aryl methyl sites for hydroxylation is 3. The largest absolute Gasteiger partial charge is 0.306 e. The van der Waals surface area contributed by atoms with Crippen molar-refractivity contribution in [3.8, 4) is 6.07 Å². The van der Waals surface area contributed by atoms with Crippen LogP contribution < -0.4 is 0 Å². The number of ketones is 2. The van der Waals surface area contributed by atoms with Gasteiger partial charge >= 0.3 is 5.69 Å². The summed E-state index contributed by atoms with van der Waals surface area (Å²) in [5, 5.41) is 23.6. The number of hydrogen-bond acceptors (Lipinski definition) is 6. The zero-order chi connectivity index (χ0) is 18.6. The summed E-state index contributed by atoms with van der Waals surface area (Å²) in [5.41, 5.74) is 1.85. The van der Waals surface area contributed by atoms with E-state index >= 15 is 0 Å². The lowest BCUT2D eigenvalue weighted by Gasteiger charge is -2.10. The van der Waals surface area contributed by atoms with Crippen molar-refractivity contribution >= 4 is 17.3 Å². The van der Waals surface area contributed by atoms with Gasteiger partial charge in [0.15, 0.2) is 17.5 Å². The lowest BCUT2D eigenvalue weighted by atomic mass is 9.90. The van der Waals surface area contributed by atoms with Crippen molar-refractivity contribution in [1.82, 2.24) is 9.78 Å². The molecule has 0 aliphatic rings. The van der Waals surface area contributed by atoms with E-state index in [9.17, 15) is 25.0 Å². The van der Waals surface area contributed by atoms with Crippen molar-refractivity contribution in [3.63, 3.8) is 0 Å². The van der Waals surface area contributed by atoms with E-state index in [4.69, 9.17) is 0 Å². The molecule has 0 saturated heterocycles. The summed E-state index contributed by atoms with van der Waals surface area (Å²) >= 11 is 0. The van der Waals surface area contributed by atoms with E-state index in [1.165, 1.54) is 10.9 Å². The maximum atomic E-state index is 12.5. The van der Waals surface area contributed by atoms with Crippen LogP contribution in [0.25, 0.3) is 0 Å². The van der Waals surface area contributed by atoms with E-state index < -0.39 is 22.4 Å². The molecule has 25 heavy (non-hydrogen) atoms. The number of Topliss-reactive ketones (excluding diaryl/α,β-unsaturated/α-hetero) is 2. The number of nitro groups is 1. The summed E-state index contributed by atoms with van der Waals surface area (Å²) in [7, 11) is 0. The van der Waals surface area contributed by atoms with Gasteiger partial charge in [-0.25, -0.2) is 0 Å². The third-order valence-electron chi connectivity index (χ3n) is 3.78. The SMILES string of the molecule is Cc1ccc(C(=O)[C@@H](C#N)C(=O)CCn2cc([N+](=O)[O-])cn2)c(C)c1. The third-order valence-corrected chi connectivity index (χ3v) is 3.78. The summed E-state index contributed by atoms with van der Waals surface area (Å²) in [6.45, 7) is 3.70. The topological polar surface area (TPSA) is 119 Å². The van der Waals surface area contributed by atoms with Crippen LogP contribution in [0.3, 0.4) is 0 Å². The molecule has 0 aliphatic heterocycles. The zero-order valence-corrected chi connectivity index (χ0v) is 13.8. The number of carbonyl (C=O) groups excluding carboxylic acids is 2. The molecule has 0 radical (unpaired) electrons. The van der Waals surface area contributed by atoms with E-state index in [2.05, 4.69) is 5.10 Å². The molecular weight excluding hydrogens is 324 g/mol. The highest BCUT2D eigenvalue weighted by Gasteiger charge is 2.28. The molecule has 1 aromatic heterocycles. The van der Waals surface area contributed by atoms with Gasteiger partial charge in [0.1, 0.15) is 12.4 Å². The molecule has 0 unspecified atom stereocenters. The lowest BCUT2D eigenvalue weighted by molar-refractivity contribution is -0.385. The highest BCUT2D eigenvalue weighted by Crippen LogP contribution is 2.17. The fraction of sp³-hybridized carbons (Fsp3) is 0.294. The third kappa shape index (κ3) is 4.14. The van der Waals surface area contributed by atoms with Gasteiger partial charge < -0.3 is 0 Å². The van der Waals surface area contributed by atoms with E-state index in [0.29, 0.717) is 11.1 Å². The Morgan fingerprint density at radius 2 is 2.12 bits per heavy atom. The van der Waals surface area contributed by atoms with E-state index in [-0.39, 0.29) is 18.7 Å². The predicted molar refractivity (Wildman–Crippen MR) is 87.9 cm³/mol. The van der Waals surface area contributed by atoms with Crippen molar-refractivity contribution in [1.29, 1.82) is 5.26 Å².